The number of rotatable bonds is 15. The molecule has 1 aliphatic heterocycles. The SMILES string of the molecule is C1CCOC1.COc1ccc(C(=O)CN)cc1.On1nnc2ccccc21.[2H]C#C.[C-]#[N+]c1ccc(C[C@@H](C(=O)NCC(=O)c2ccc(OC)cc2)[C@H](C)O)c(C)c1Cl.[C-]#[N+]c1ccc(C[C@@H](C(=O)O)[C@H](C)O)c(C)c1Cl. The summed E-state index contributed by atoms with van der Waals surface area (Å²) in [6.07, 6.45) is 6.88. The first-order chi connectivity index (χ1) is 36.7. The first-order valence-corrected chi connectivity index (χ1v) is 24.2. The van der Waals surface area contributed by atoms with Gasteiger partial charge in [0, 0.05) is 24.3 Å². The Morgan fingerprint density at radius 1 is 0.789 bits per heavy atom. The summed E-state index contributed by atoms with van der Waals surface area (Å²) in [7, 11) is 3.12. The van der Waals surface area contributed by atoms with Crippen LogP contribution in [0.15, 0.2) is 97.1 Å². The monoisotopic (exact) mass is 1080 g/mol. The van der Waals surface area contributed by atoms with Gasteiger partial charge in [-0.1, -0.05) is 64.4 Å². The predicted octanol–water partition coefficient (Wildman–Crippen LogP) is 9.12. The molecule has 76 heavy (non-hydrogen) atoms. The molecule has 20 heteroatoms. The highest BCUT2D eigenvalue weighted by Gasteiger charge is 2.27. The summed E-state index contributed by atoms with van der Waals surface area (Å²) in [6, 6.07) is 27.3. The second kappa shape index (κ2) is 33.9. The van der Waals surface area contributed by atoms with Crippen LogP contribution in [0, 0.1) is 51.7 Å². The van der Waals surface area contributed by atoms with E-state index in [-0.39, 0.29) is 37.5 Å². The Kier molecular flexibility index (Phi) is 27.8. The van der Waals surface area contributed by atoms with E-state index in [1.54, 1.807) is 106 Å². The van der Waals surface area contributed by atoms with Gasteiger partial charge in [0.05, 0.1) is 74.5 Å². The Morgan fingerprint density at radius 3 is 1.62 bits per heavy atom. The number of nitrogens with one attached hydrogen (secondary N) is 1. The third-order valence-electron chi connectivity index (χ3n) is 11.5. The van der Waals surface area contributed by atoms with Crippen molar-refractivity contribution < 1.29 is 55.3 Å². The number of aromatic nitrogens is 3. The van der Waals surface area contributed by atoms with E-state index < -0.39 is 35.9 Å². The van der Waals surface area contributed by atoms with E-state index in [0.29, 0.717) is 60.5 Å². The lowest BCUT2D eigenvalue weighted by atomic mass is 9.91. The topological polar surface area (TPSA) is 254 Å². The highest BCUT2D eigenvalue weighted by molar-refractivity contribution is 6.34. The number of aliphatic hydroxyl groups excluding tert-OH is 2. The molecule has 1 fully saturated rings. The summed E-state index contributed by atoms with van der Waals surface area (Å²) in [5.41, 5.74) is 11.2. The number of ether oxygens (including phenoxy) is 3. The number of benzene rings is 5. The van der Waals surface area contributed by atoms with Gasteiger partial charge in [0.15, 0.2) is 11.6 Å². The number of aliphatic hydroxyl groups is 2. The van der Waals surface area contributed by atoms with Crippen molar-refractivity contribution in [3.05, 3.63) is 163 Å². The van der Waals surface area contributed by atoms with E-state index in [0.717, 1.165) is 34.9 Å². The van der Waals surface area contributed by atoms with Crippen LogP contribution < -0.4 is 20.5 Å². The molecule has 0 spiro atoms. The highest BCUT2D eigenvalue weighted by Crippen LogP contribution is 2.33. The van der Waals surface area contributed by atoms with E-state index in [2.05, 4.69) is 31.7 Å². The quantitative estimate of drug-likeness (QED) is 0.0243. The number of terminal acetylenes is 1. The number of hydrogen-bond donors (Lipinski definition) is 6. The highest BCUT2D eigenvalue weighted by atomic mass is 35.5. The van der Waals surface area contributed by atoms with Crippen LogP contribution in [0.3, 0.4) is 0 Å². The predicted molar refractivity (Wildman–Crippen MR) is 292 cm³/mol. The van der Waals surface area contributed by atoms with Crippen molar-refractivity contribution in [2.24, 2.45) is 17.6 Å². The fourth-order valence-corrected chi connectivity index (χ4v) is 7.35. The second-order valence-electron chi connectivity index (χ2n) is 16.5. The molecule has 5 aromatic carbocycles. The van der Waals surface area contributed by atoms with Crippen LogP contribution >= 0.6 is 23.2 Å². The van der Waals surface area contributed by atoms with E-state index in [1.807, 2.05) is 12.1 Å². The Hall–Kier alpha value is -7.86. The molecule has 0 bridgehead atoms. The number of halogens is 2. The van der Waals surface area contributed by atoms with Crippen molar-refractivity contribution in [3.8, 4) is 24.3 Å². The van der Waals surface area contributed by atoms with E-state index in [4.69, 9.17) is 68.0 Å². The van der Waals surface area contributed by atoms with Crippen LogP contribution in [0.5, 0.6) is 11.5 Å². The normalized spacial score (nSPS) is 12.6. The number of nitrogens with zero attached hydrogens (tertiary/aromatic N) is 5. The van der Waals surface area contributed by atoms with Crippen LogP contribution in [-0.4, -0.2) is 112 Å². The minimum Gasteiger partial charge on any atom is -0.497 e. The van der Waals surface area contributed by atoms with Gasteiger partial charge >= 0.3 is 5.97 Å². The maximum atomic E-state index is 12.6. The molecule has 18 nitrogen and oxygen atoms in total. The lowest BCUT2D eigenvalue weighted by molar-refractivity contribution is -0.145. The molecule has 1 aliphatic rings. The number of fused-ring (bicyclic) bond motifs is 1. The molecule has 1 amide bonds. The van der Waals surface area contributed by atoms with Gasteiger partial charge in [-0.05, 0) is 142 Å². The zero-order valence-electron chi connectivity index (χ0n) is 44.0. The number of carboxylic acid groups (broad SMARTS) is 1. The van der Waals surface area contributed by atoms with Crippen molar-refractivity contribution in [2.45, 2.75) is 65.6 Å². The molecular weight excluding hydrogens is 1020 g/mol. The van der Waals surface area contributed by atoms with Gasteiger partial charge < -0.3 is 45.8 Å². The summed E-state index contributed by atoms with van der Waals surface area (Å²) in [5.74, 6) is -2.03. The second-order valence-corrected chi connectivity index (χ2v) is 17.3. The average Bonchev–Trinajstić information content (AvgIpc) is 4.15. The fraction of sp³-hybridized carbons (Fsp3) is 0.321. The first kappa shape index (κ1) is 62.4. The lowest BCUT2D eigenvalue weighted by Crippen LogP contribution is -2.40. The van der Waals surface area contributed by atoms with Crippen molar-refractivity contribution in [3.63, 3.8) is 0 Å². The molecule has 1 aromatic heterocycles. The number of aliphatic carboxylic acids is 1. The van der Waals surface area contributed by atoms with Gasteiger partial charge in [0.25, 0.3) is 0 Å². The van der Waals surface area contributed by atoms with E-state index >= 15 is 0 Å². The number of methoxy groups -OCH3 is 2. The fourth-order valence-electron chi connectivity index (χ4n) is 6.90. The van der Waals surface area contributed by atoms with Crippen molar-refractivity contribution in [1.29, 1.82) is 0 Å². The minimum atomic E-state index is -1.05. The molecule has 6 aromatic rings. The molecule has 4 atom stereocenters. The molecule has 0 radical (unpaired) electrons. The van der Waals surface area contributed by atoms with Gasteiger partial charge in [-0.25, -0.2) is 9.69 Å². The summed E-state index contributed by atoms with van der Waals surface area (Å²) in [6.45, 7) is 22.4. The minimum absolute atomic E-state index is 0.0479. The number of Topliss-reactive ketones (excluding diaryl/α,β-unsaturated/α-hetero) is 2. The lowest BCUT2D eigenvalue weighted by Gasteiger charge is -2.21. The van der Waals surface area contributed by atoms with Crippen molar-refractivity contribution in [1.82, 2.24) is 20.5 Å². The standard InChI is InChI=1S/C22H23ClN2O4.C13H14ClNO3.C9H11NO2.C6H5N3O.C4H8O.C2H2/c1-13-16(7-10-19(24-3)21(13)23)11-18(14(2)26)22(28)25-12-20(27)15-5-8-17(29-4)9-6-15;1-7-9(4-5-11(15-3)12(7)14)6-10(8(2)16)13(17)18;1-12-8-4-2-7(3-5-8)9(11)6-10;10-9-6-4-2-1-3-5(6)7-8-9;1-2-4-5-3-1;1-2/h5-10,14,18,26H,11-12H2,1-2,4H3,(H,25,28);4-5,8,10,16H,6H2,1-2H3,(H,17,18);2-5H,6,10H2,1H3;1-4,10H;1-4H2;1-2H/t14-,18+;8-,10+;;;;/m00..../s1/i;;;;;1D. The maximum Gasteiger partial charge on any atom is 0.309 e. The molecule has 0 unspecified atom stereocenters. The maximum absolute atomic E-state index is 12.6. The zero-order valence-corrected chi connectivity index (χ0v) is 44.5. The average molecular weight is 1080 g/mol. The number of nitrogens with two attached hydrogens (primary N) is 1. The number of hydrogen-bond acceptors (Lipinski definition) is 13. The summed E-state index contributed by atoms with van der Waals surface area (Å²) < 4.78 is 20.7. The van der Waals surface area contributed by atoms with Crippen LogP contribution in [0.2, 0.25) is 10.0 Å². The van der Waals surface area contributed by atoms with E-state index in [1.165, 1.54) is 40.2 Å². The molecule has 1 saturated heterocycles. The number of carbonyl (C=O) groups is 4. The molecule has 7 N–H and O–H groups in total. The Bertz CT molecular complexity index is 2980. The van der Waals surface area contributed by atoms with Crippen LogP contribution in [0.25, 0.3) is 20.7 Å². The zero-order chi connectivity index (χ0) is 57.6. The van der Waals surface area contributed by atoms with Crippen LogP contribution in [-0.2, 0) is 27.2 Å². The van der Waals surface area contributed by atoms with Gasteiger partial charge in [0.2, 0.25) is 17.3 Å². The largest absolute Gasteiger partial charge is 0.497 e. The van der Waals surface area contributed by atoms with Gasteiger partial charge in [-0.2, -0.15) is 0 Å². The Morgan fingerprint density at radius 2 is 1.24 bits per heavy atom. The number of carbonyl (C=O) groups excluding carboxylic acids is 3. The smallest absolute Gasteiger partial charge is 0.309 e. The van der Waals surface area contributed by atoms with Gasteiger partial charge in [-0.15, -0.1) is 17.9 Å². The molecular formula is C56H63Cl2N7O11. The summed E-state index contributed by atoms with van der Waals surface area (Å²) in [5, 5.41) is 47.9. The first-order valence-electron chi connectivity index (χ1n) is 23.9. The third-order valence-corrected chi connectivity index (χ3v) is 12.4. The molecule has 0 saturated carbocycles. The van der Waals surface area contributed by atoms with Crippen LogP contribution in [0.4, 0.5) is 11.4 Å². The van der Waals surface area contributed by atoms with E-state index in [9.17, 15) is 29.4 Å². The molecule has 2 heterocycles. The van der Waals surface area contributed by atoms with Crippen LogP contribution in [0.1, 0.15) is 71.0 Å². The number of para-hydroxylation sites is 1. The summed E-state index contributed by atoms with van der Waals surface area (Å²) in [4.78, 5) is 54.4. The van der Waals surface area contributed by atoms with Crippen molar-refractivity contribution >= 4 is 69.1 Å². The molecule has 0 aliphatic carbocycles. The number of amides is 1. The Balaban J connectivity index is 0.000000358. The van der Waals surface area contributed by atoms with Crippen molar-refractivity contribution in [2.75, 3.05) is 40.5 Å². The number of ketones is 2. The molecule has 7 rings (SSSR count). The Labute approximate surface area is 454 Å². The molecule has 402 valence electrons. The number of carboxylic acids is 1. The third kappa shape index (κ3) is 20.1. The summed E-state index contributed by atoms with van der Waals surface area (Å²) >= 11 is 12.2. The van der Waals surface area contributed by atoms with Gasteiger partial charge in [0.1, 0.15) is 23.9 Å². The van der Waals surface area contributed by atoms with Gasteiger partial charge in [-0.3, -0.25) is 19.2 Å².